The lowest BCUT2D eigenvalue weighted by Crippen LogP contribution is -2.27. The van der Waals surface area contributed by atoms with Crippen LogP contribution in [0.5, 0.6) is 0 Å². The second kappa shape index (κ2) is 6.66. The third kappa shape index (κ3) is 3.35. The third-order valence-electron chi connectivity index (χ3n) is 3.02. The summed E-state index contributed by atoms with van der Waals surface area (Å²) in [5.41, 5.74) is 1.74. The summed E-state index contributed by atoms with van der Waals surface area (Å²) in [4.78, 5) is 14.8. The molecular weight excluding hydrogens is 446 g/mol. The highest BCUT2D eigenvalue weighted by atomic mass is 79.9. The van der Waals surface area contributed by atoms with Crippen LogP contribution in [0.1, 0.15) is 5.56 Å². The number of nitrogens with zero attached hydrogens (tertiary/aromatic N) is 1. The number of halogens is 2. The highest BCUT2D eigenvalue weighted by Gasteiger charge is 2.33. The van der Waals surface area contributed by atoms with Gasteiger partial charge in [0.1, 0.15) is 0 Å². The molecule has 1 saturated heterocycles. The first-order chi connectivity index (χ1) is 10.5. The summed E-state index contributed by atoms with van der Waals surface area (Å²) in [5, 5.41) is 0. The Balaban J connectivity index is 1.93. The van der Waals surface area contributed by atoms with Crippen LogP contribution in [0.4, 0.5) is 5.69 Å². The van der Waals surface area contributed by atoms with Crippen molar-refractivity contribution in [2.45, 2.75) is 0 Å². The van der Waals surface area contributed by atoms with Crippen LogP contribution >= 0.6 is 55.8 Å². The van der Waals surface area contributed by atoms with E-state index in [0.29, 0.717) is 9.23 Å². The van der Waals surface area contributed by atoms with E-state index in [1.165, 1.54) is 11.8 Å². The molecule has 0 N–H and O–H groups in total. The molecule has 1 fully saturated rings. The topological polar surface area (TPSA) is 20.3 Å². The maximum absolute atomic E-state index is 12.6. The molecule has 1 heterocycles. The van der Waals surface area contributed by atoms with Crippen LogP contribution in [-0.4, -0.2) is 10.2 Å². The zero-order valence-corrected chi connectivity index (χ0v) is 15.9. The van der Waals surface area contributed by atoms with Crippen LogP contribution in [0.2, 0.25) is 0 Å². The molecular formula is C16H9Br2NOS2. The second-order valence-corrected chi connectivity index (χ2v) is 8.06. The van der Waals surface area contributed by atoms with E-state index in [1.807, 2.05) is 54.6 Å². The predicted octanol–water partition coefficient (Wildman–Crippen LogP) is 5.62. The van der Waals surface area contributed by atoms with E-state index < -0.39 is 0 Å². The molecule has 0 unspecified atom stereocenters. The van der Waals surface area contributed by atoms with Gasteiger partial charge in [-0.3, -0.25) is 9.69 Å². The van der Waals surface area contributed by atoms with Gasteiger partial charge in [0.25, 0.3) is 5.91 Å². The first-order valence-electron chi connectivity index (χ1n) is 6.34. The molecule has 0 aliphatic carbocycles. The first kappa shape index (κ1) is 15.9. The van der Waals surface area contributed by atoms with Crippen LogP contribution in [0.15, 0.2) is 62.4 Å². The molecule has 0 spiro atoms. The Morgan fingerprint density at radius 2 is 1.77 bits per heavy atom. The lowest BCUT2D eigenvalue weighted by Gasteiger charge is -2.14. The van der Waals surface area contributed by atoms with E-state index >= 15 is 0 Å². The van der Waals surface area contributed by atoms with Crippen molar-refractivity contribution in [1.82, 2.24) is 0 Å². The lowest BCUT2D eigenvalue weighted by molar-refractivity contribution is -0.113. The van der Waals surface area contributed by atoms with Crippen molar-refractivity contribution >= 4 is 77.8 Å². The number of thiocarbonyl (C=S) groups is 1. The number of rotatable bonds is 2. The zero-order chi connectivity index (χ0) is 15.7. The Hall–Kier alpha value is -0.950. The largest absolute Gasteiger partial charge is 0.270 e. The molecule has 2 aromatic carbocycles. The second-order valence-electron chi connectivity index (χ2n) is 4.55. The molecule has 2 aromatic rings. The van der Waals surface area contributed by atoms with Gasteiger partial charge in [-0.1, -0.05) is 68.0 Å². The third-order valence-corrected chi connectivity index (χ3v) is 5.35. The molecule has 0 aromatic heterocycles. The fourth-order valence-corrected chi connectivity index (χ4v) is 4.01. The number of hydrogen-bond acceptors (Lipinski definition) is 3. The number of amides is 1. The number of carbonyl (C=O) groups is 1. The van der Waals surface area contributed by atoms with E-state index in [2.05, 4.69) is 31.9 Å². The Morgan fingerprint density at radius 3 is 2.45 bits per heavy atom. The number of carbonyl (C=O) groups excluding carboxylic acids is 1. The monoisotopic (exact) mass is 453 g/mol. The molecule has 1 aliphatic rings. The van der Waals surface area contributed by atoms with Gasteiger partial charge in [0.15, 0.2) is 4.32 Å². The summed E-state index contributed by atoms with van der Waals surface area (Å²) in [5.74, 6) is -0.0858. The van der Waals surface area contributed by atoms with Gasteiger partial charge < -0.3 is 0 Å². The molecule has 22 heavy (non-hydrogen) atoms. The lowest BCUT2D eigenvalue weighted by atomic mass is 10.2. The minimum atomic E-state index is -0.0858. The van der Waals surface area contributed by atoms with Gasteiger partial charge in [-0.2, -0.15) is 0 Å². The first-order valence-corrected chi connectivity index (χ1v) is 9.15. The van der Waals surface area contributed by atoms with Crippen molar-refractivity contribution in [1.29, 1.82) is 0 Å². The molecule has 0 bridgehead atoms. The number of thioether (sulfide) groups is 1. The molecule has 6 heteroatoms. The molecule has 2 nitrogen and oxygen atoms in total. The van der Waals surface area contributed by atoms with Crippen molar-refractivity contribution in [2.24, 2.45) is 0 Å². The summed E-state index contributed by atoms with van der Waals surface area (Å²) < 4.78 is 2.49. The van der Waals surface area contributed by atoms with Gasteiger partial charge in [0, 0.05) is 8.95 Å². The number of hydrogen-bond donors (Lipinski definition) is 0. The van der Waals surface area contributed by atoms with E-state index in [-0.39, 0.29) is 5.91 Å². The zero-order valence-electron chi connectivity index (χ0n) is 11.1. The molecule has 1 amide bonds. The van der Waals surface area contributed by atoms with E-state index in [0.717, 1.165) is 20.2 Å². The minimum absolute atomic E-state index is 0.0858. The van der Waals surface area contributed by atoms with Crippen molar-refractivity contribution < 1.29 is 4.79 Å². The number of benzene rings is 2. The van der Waals surface area contributed by atoms with Crippen molar-refractivity contribution in [3.05, 3.63) is 67.9 Å². The Labute approximate surface area is 154 Å². The van der Waals surface area contributed by atoms with E-state index in [1.54, 1.807) is 4.90 Å². The molecule has 0 saturated carbocycles. The normalized spacial score (nSPS) is 16.6. The SMILES string of the molecule is O=C1/C(=C/c2cccc(Br)c2)SC(=S)N1c1ccc(Br)cc1. The molecule has 0 atom stereocenters. The van der Waals surface area contributed by atoms with Crippen LogP contribution in [0, 0.1) is 0 Å². The summed E-state index contributed by atoms with van der Waals surface area (Å²) in [6, 6.07) is 15.3. The van der Waals surface area contributed by atoms with Gasteiger partial charge in [0.05, 0.1) is 10.6 Å². The van der Waals surface area contributed by atoms with E-state index in [9.17, 15) is 4.79 Å². The van der Waals surface area contributed by atoms with Crippen LogP contribution in [0.25, 0.3) is 6.08 Å². The predicted molar refractivity (Wildman–Crippen MR) is 104 cm³/mol. The van der Waals surface area contributed by atoms with Gasteiger partial charge in [0.2, 0.25) is 0 Å². The van der Waals surface area contributed by atoms with Gasteiger partial charge in [-0.05, 0) is 48.0 Å². The fraction of sp³-hybridized carbons (Fsp3) is 0. The summed E-state index contributed by atoms with van der Waals surface area (Å²) >= 11 is 13.5. The van der Waals surface area contributed by atoms with Gasteiger partial charge in [-0.15, -0.1) is 0 Å². The highest BCUT2D eigenvalue weighted by molar-refractivity contribution is 9.10. The molecule has 3 rings (SSSR count). The maximum Gasteiger partial charge on any atom is 0.270 e. The average molecular weight is 455 g/mol. The van der Waals surface area contributed by atoms with Gasteiger partial charge >= 0.3 is 0 Å². The quantitative estimate of drug-likeness (QED) is 0.434. The van der Waals surface area contributed by atoms with Gasteiger partial charge in [-0.25, -0.2) is 0 Å². The summed E-state index contributed by atoms with van der Waals surface area (Å²) in [7, 11) is 0. The standard InChI is InChI=1S/C16H9Br2NOS2/c17-11-4-6-13(7-5-11)19-15(20)14(22-16(19)21)9-10-2-1-3-12(18)8-10/h1-9H/b14-9-. The number of anilines is 1. The average Bonchev–Trinajstić information content (AvgIpc) is 2.75. The Morgan fingerprint density at radius 1 is 1.05 bits per heavy atom. The van der Waals surface area contributed by atoms with Crippen LogP contribution in [0.3, 0.4) is 0 Å². The minimum Gasteiger partial charge on any atom is -0.268 e. The smallest absolute Gasteiger partial charge is 0.268 e. The molecule has 1 aliphatic heterocycles. The molecule has 110 valence electrons. The van der Waals surface area contributed by atoms with Crippen molar-refractivity contribution in [3.63, 3.8) is 0 Å². The highest BCUT2D eigenvalue weighted by Crippen LogP contribution is 2.36. The summed E-state index contributed by atoms with van der Waals surface area (Å²) in [6.07, 6.45) is 1.86. The van der Waals surface area contributed by atoms with E-state index in [4.69, 9.17) is 12.2 Å². The Kier molecular flexibility index (Phi) is 4.82. The Bertz CT molecular complexity index is 787. The fourth-order valence-electron chi connectivity index (χ4n) is 2.03. The summed E-state index contributed by atoms with van der Waals surface area (Å²) in [6.45, 7) is 0. The molecule has 0 radical (unpaired) electrons. The van der Waals surface area contributed by atoms with Crippen molar-refractivity contribution in [3.8, 4) is 0 Å². The van der Waals surface area contributed by atoms with Crippen LogP contribution < -0.4 is 4.90 Å². The van der Waals surface area contributed by atoms with Crippen LogP contribution in [-0.2, 0) is 4.79 Å². The maximum atomic E-state index is 12.6. The van der Waals surface area contributed by atoms with Crippen molar-refractivity contribution in [2.75, 3.05) is 4.90 Å².